The van der Waals surface area contributed by atoms with Crippen molar-refractivity contribution in [1.29, 1.82) is 0 Å². The zero-order chi connectivity index (χ0) is 20.5. The van der Waals surface area contributed by atoms with E-state index in [0.717, 1.165) is 11.3 Å². The molecule has 0 saturated carbocycles. The van der Waals surface area contributed by atoms with Crippen molar-refractivity contribution in [3.8, 4) is 0 Å². The molecule has 0 atom stereocenters. The lowest BCUT2D eigenvalue weighted by atomic mass is 10.1. The summed E-state index contributed by atoms with van der Waals surface area (Å²) in [6, 6.07) is 12.2. The van der Waals surface area contributed by atoms with Crippen LogP contribution in [-0.4, -0.2) is 26.9 Å². The molecule has 0 saturated heterocycles. The number of nitro benzene ring substituents is 1. The molecule has 3 N–H and O–H groups in total. The number of H-pyrrole nitrogens is 1. The second-order valence-corrected chi connectivity index (χ2v) is 7.03. The first-order valence-electron chi connectivity index (χ1n) is 8.20. The van der Waals surface area contributed by atoms with E-state index in [9.17, 15) is 24.5 Å². The van der Waals surface area contributed by atoms with Gasteiger partial charge in [-0.15, -0.1) is 11.3 Å². The van der Waals surface area contributed by atoms with Crippen LogP contribution in [0.3, 0.4) is 0 Å². The predicted octanol–water partition coefficient (Wildman–Crippen LogP) is 2.12. The van der Waals surface area contributed by atoms with Crippen molar-refractivity contribution in [2.75, 3.05) is 0 Å². The summed E-state index contributed by atoms with van der Waals surface area (Å²) in [5, 5.41) is 18.1. The average molecular weight is 409 g/mol. The number of non-ortho nitro benzene ring substituents is 1. The maximum absolute atomic E-state index is 12.4. The quantitative estimate of drug-likeness (QED) is 0.349. The van der Waals surface area contributed by atoms with Gasteiger partial charge in [0.2, 0.25) is 0 Å². The number of nitrogens with zero attached hydrogens (tertiary/aromatic N) is 2. The zero-order valence-electron chi connectivity index (χ0n) is 14.5. The van der Waals surface area contributed by atoms with Crippen molar-refractivity contribution in [3.05, 3.63) is 79.6 Å². The van der Waals surface area contributed by atoms with Gasteiger partial charge in [-0.2, -0.15) is 5.10 Å². The fraction of sp³-hybridized carbons (Fsp3) is 0. The number of hydrogen-bond acceptors (Lipinski definition) is 7. The van der Waals surface area contributed by atoms with E-state index in [1.54, 1.807) is 30.3 Å². The molecule has 0 aliphatic heterocycles. The number of thiophene rings is 1. The van der Waals surface area contributed by atoms with E-state index in [1.807, 2.05) is 0 Å². The Kier molecular flexibility index (Phi) is 4.49. The Labute approximate surface area is 165 Å². The Balaban J connectivity index is 1.53. The number of nitrogens with one attached hydrogen (secondary N) is 3. The van der Waals surface area contributed by atoms with E-state index in [2.05, 4.69) is 21.0 Å². The smallest absolute Gasteiger partial charge is 0.267 e. The van der Waals surface area contributed by atoms with Crippen LogP contribution < -0.4 is 16.4 Å². The molecule has 2 amide bonds. The second kappa shape index (κ2) is 7.13. The van der Waals surface area contributed by atoms with E-state index in [0.29, 0.717) is 20.9 Å². The molecule has 10 nitrogen and oxygen atoms in total. The van der Waals surface area contributed by atoms with Crippen molar-refractivity contribution >= 4 is 49.7 Å². The van der Waals surface area contributed by atoms with Crippen LogP contribution in [-0.2, 0) is 0 Å². The van der Waals surface area contributed by atoms with Gasteiger partial charge in [0.25, 0.3) is 23.1 Å². The van der Waals surface area contributed by atoms with Gasteiger partial charge in [0.1, 0.15) is 0 Å². The van der Waals surface area contributed by atoms with E-state index in [1.165, 1.54) is 18.2 Å². The molecule has 0 unspecified atom stereocenters. The lowest BCUT2D eigenvalue weighted by Crippen LogP contribution is -2.42. The fourth-order valence-electron chi connectivity index (χ4n) is 2.78. The van der Waals surface area contributed by atoms with Crippen LogP contribution in [0.1, 0.15) is 20.2 Å². The summed E-state index contributed by atoms with van der Waals surface area (Å²) < 4.78 is 0.695. The molecule has 0 spiro atoms. The first-order valence-corrected chi connectivity index (χ1v) is 9.02. The molecule has 0 aliphatic rings. The lowest BCUT2D eigenvalue weighted by molar-refractivity contribution is -0.384. The number of fused-ring (bicyclic) bond motifs is 2. The minimum atomic E-state index is -0.706. The monoisotopic (exact) mass is 409 g/mol. The summed E-state index contributed by atoms with van der Waals surface area (Å²) in [5.74, 6) is -1.29. The maximum Gasteiger partial charge on any atom is 0.290 e. The third-order valence-corrected chi connectivity index (χ3v) is 5.25. The van der Waals surface area contributed by atoms with Gasteiger partial charge in [-0.25, -0.2) is 5.10 Å². The summed E-state index contributed by atoms with van der Waals surface area (Å²) in [6.07, 6.45) is 0. The normalized spacial score (nSPS) is 10.8. The number of benzene rings is 2. The van der Waals surface area contributed by atoms with Gasteiger partial charge >= 0.3 is 0 Å². The molecule has 144 valence electrons. The van der Waals surface area contributed by atoms with E-state index in [4.69, 9.17) is 0 Å². The molecule has 0 aliphatic carbocycles. The molecule has 0 fully saturated rings. The van der Waals surface area contributed by atoms with E-state index < -0.39 is 22.3 Å². The number of hydrazine groups is 1. The molecule has 2 heterocycles. The van der Waals surface area contributed by atoms with Gasteiger partial charge in [-0.05, 0) is 18.2 Å². The molecule has 4 aromatic rings. The number of nitro groups is 1. The van der Waals surface area contributed by atoms with Crippen LogP contribution >= 0.6 is 11.3 Å². The van der Waals surface area contributed by atoms with Crippen LogP contribution in [0.25, 0.3) is 20.9 Å². The van der Waals surface area contributed by atoms with Crippen LogP contribution in [0.15, 0.2) is 53.3 Å². The summed E-state index contributed by atoms with van der Waals surface area (Å²) >= 11 is 1.13. The SMILES string of the molecule is O=C(NNC(=O)c1n[nH]c(=O)c2ccccc12)c1cc2cc([N+](=O)[O-])ccc2s1. The molecule has 0 radical (unpaired) electrons. The zero-order valence-corrected chi connectivity index (χ0v) is 15.3. The van der Waals surface area contributed by atoms with Crippen LogP contribution in [0.5, 0.6) is 0 Å². The molecule has 11 heteroatoms. The third-order valence-electron chi connectivity index (χ3n) is 4.14. The predicted molar refractivity (Wildman–Crippen MR) is 106 cm³/mol. The van der Waals surface area contributed by atoms with Crippen molar-refractivity contribution in [2.45, 2.75) is 0 Å². The summed E-state index contributed by atoms with van der Waals surface area (Å²) in [6.45, 7) is 0. The number of carbonyl (C=O) groups is 2. The Morgan fingerprint density at radius 2 is 1.76 bits per heavy atom. The summed E-state index contributed by atoms with van der Waals surface area (Å²) in [5.41, 5.74) is 3.98. The Hall–Kier alpha value is -4.12. The van der Waals surface area contributed by atoms with Crippen molar-refractivity contribution in [1.82, 2.24) is 21.0 Å². The highest BCUT2D eigenvalue weighted by atomic mass is 32.1. The van der Waals surface area contributed by atoms with Gasteiger partial charge in [-0.3, -0.25) is 35.3 Å². The minimum absolute atomic E-state index is 0.0486. The van der Waals surface area contributed by atoms with Crippen molar-refractivity contribution in [3.63, 3.8) is 0 Å². The third kappa shape index (κ3) is 3.41. The van der Waals surface area contributed by atoms with Crippen LogP contribution in [0.2, 0.25) is 0 Å². The number of aromatic amines is 1. The van der Waals surface area contributed by atoms with Gasteiger partial charge in [0.15, 0.2) is 5.69 Å². The standard InChI is InChI=1S/C18H11N5O5S/c24-16-12-4-2-1-3-11(12)15(19-20-16)18(26)22-21-17(25)14-8-9-7-10(23(27)28)5-6-13(9)29-14/h1-8H,(H,20,24)(H,21,25)(H,22,26). The number of rotatable bonds is 3. The van der Waals surface area contributed by atoms with Gasteiger partial charge in [0.05, 0.1) is 15.2 Å². The van der Waals surface area contributed by atoms with Gasteiger partial charge in [-0.1, -0.05) is 18.2 Å². The van der Waals surface area contributed by atoms with Crippen molar-refractivity contribution < 1.29 is 14.5 Å². The molecular weight excluding hydrogens is 398 g/mol. The topological polar surface area (TPSA) is 147 Å². The lowest BCUT2D eigenvalue weighted by Gasteiger charge is -2.07. The largest absolute Gasteiger partial charge is 0.290 e. The van der Waals surface area contributed by atoms with E-state index in [-0.39, 0.29) is 16.3 Å². The minimum Gasteiger partial charge on any atom is -0.267 e. The summed E-state index contributed by atoms with van der Waals surface area (Å²) in [7, 11) is 0. The Bertz CT molecular complexity index is 1360. The molecule has 4 rings (SSSR count). The molecular formula is C18H11N5O5S. The average Bonchev–Trinajstić information content (AvgIpc) is 3.15. The molecule has 2 aromatic heterocycles. The first-order chi connectivity index (χ1) is 13.9. The summed E-state index contributed by atoms with van der Waals surface area (Å²) in [4.78, 5) is 47.2. The molecule has 29 heavy (non-hydrogen) atoms. The molecule has 2 aromatic carbocycles. The van der Waals surface area contributed by atoms with Gasteiger partial charge < -0.3 is 0 Å². The Morgan fingerprint density at radius 3 is 2.52 bits per heavy atom. The number of carbonyl (C=O) groups excluding carboxylic acids is 2. The highest BCUT2D eigenvalue weighted by Gasteiger charge is 2.17. The van der Waals surface area contributed by atoms with Crippen LogP contribution in [0.4, 0.5) is 5.69 Å². The first kappa shape index (κ1) is 18.3. The van der Waals surface area contributed by atoms with Crippen LogP contribution in [0, 0.1) is 10.1 Å². The fourth-order valence-corrected chi connectivity index (χ4v) is 3.72. The number of amides is 2. The van der Waals surface area contributed by atoms with E-state index >= 15 is 0 Å². The maximum atomic E-state index is 12.4. The Morgan fingerprint density at radius 1 is 1.03 bits per heavy atom. The highest BCUT2D eigenvalue weighted by molar-refractivity contribution is 7.20. The second-order valence-electron chi connectivity index (χ2n) is 5.95. The van der Waals surface area contributed by atoms with Crippen molar-refractivity contribution in [2.24, 2.45) is 0 Å². The number of aromatic nitrogens is 2. The number of hydrogen-bond donors (Lipinski definition) is 3. The van der Waals surface area contributed by atoms with Gasteiger partial charge in [0, 0.05) is 27.6 Å². The molecule has 0 bridgehead atoms. The highest BCUT2D eigenvalue weighted by Crippen LogP contribution is 2.28.